The molecule has 0 unspecified atom stereocenters. The van der Waals surface area contributed by atoms with E-state index in [0.717, 1.165) is 11.6 Å². The Balaban J connectivity index is 1.87. The van der Waals surface area contributed by atoms with Gasteiger partial charge in [0, 0.05) is 12.7 Å². The Kier molecular flexibility index (Phi) is 2.98. The second kappa shape index (κ2) is 4.94. The number of aromatic amines is 1. The minimum absolute atomic E-state index is 0.729. The number of H-pyrrole nitrogens is 1. The van der Waals surface area contributed by atoms with Crippen molar-refractivity contribution in [2.75, 3.05) is 11.9 Å². The average Bonchev–Trinajstić information content (AvgIpc) is 3.02. The van der Waals surface area contributed by atoms with Gasteiger partial charge in [-0.15, -0.1) is 0 Å². The van der Waals surface area contributed by atoms with Crippen molar-refractivity contribution in [3.8, 4) is 11.1 Å². The van der Waals surface area contributed by atoms with Gasteiger partial charge in [-0.3, -0.25) is 0 Å². The fourth-order valence-electron chi connectivity index (χ4n) is 1.99. The van der Waals surface area contributed by atoms with Gasteiger partial charge in [0.05, 0.1) is 0 Å². The Hall–Kier alpha value is -2.62. The molecule has 1 heterocycles. The third-order valence-electron chi connectivity index (χ3n) is 3.08. The van der Waals surface area contributed by atoms with Crippen molar-refractivity contribution in [2.45, 2.75) is 0 Å². The van der Waals surface area contributed by atoms with Crippen LogP contribution in [0.4, 0.5) is 11.6 Å². The highest BCUT2D eigenvalue weighted by Gasteiger charge is 2.06. The smallest absolute Gasteiger partial charge is 0.225 e. The van der Waals surface area contributed by atoms with Crippen molar-refractivity contribution in [1.82, 2.24) is 15.2 Å². The molecule has 0 saturated heterocycles. The van der Waals surface area contributed by atoms with Gasteiger partial charge in [0.2, 0.25) is 5.95 Å². The van der Waals surface area contributed by atoms with Crippen LogP contribution in [-0.2, 0) is 0 Å². The normalized spacial score (nSPS) is 10.4. The fourth-order valence-corrected chi connectivity index (χ4v) is 1.99. The fraction of sp³-hybridized carbons (Fsp3) is 0.0667. The first-order valence-corrected chi connectivity index (χ1v) is 6.09. The van der Waals surface area contributed by atoms with Crippen LogP contribution in [0.2, 0.25) is 0 Å². The molecule has 2 aromatic carbocycles. The number of hydrogen-bond donors (Lipinski definition) is 1. The lowest BCUT2D eigenvalue weighted by Gasteiger charge is -2.15. The van der Waals surface area contributed by atoms with E-state index in [9.17, 15) is 0 Å². The molecule has 0 spiro atoms. The van der Waals surface area contributed by atoms with Crippen LogP contribution in [0.1, 0.15) is 0 Å². The highest BCUT2D eigenvalue weighted by atomic mass is 15.3. The maximum absolute atomic E-state index is 4.13. The summed E-state index contributed by atoms with van der Waals surface area (Å²) in [4.78, 5) is 6.09. The van der Waals surface area contributed by atoms with Gasteiger partial charge >= 0.3 is 0 Å². The van der Waals surface area contributed by atoms with Gasteiger partial charge in [-0.05, 0) is 23.3 Å². The third kappa shape index (κ3) is 2.33. The molecule has 1 N–H and O–H groups in total. The Morgan fingerprint density at radius 1 is 0.895 bits per heavy atom. The van der Waals surface area contributed by atoms with Gasteiger partial charge in [-0.1, -0.05) is 42.5 Å². The summed E-state index contributed by atoms with van der Waals surface area (Å²) in [6, 6.07) is 18.7. The molecule has 4 heteroatoms. The van der Waals surface area contributed by atoms with E-state index in [4.69, 9.17) is 0 Å². The second-order valence-corrected chi connectivity index (χ2v) is 4.28. The molecule has 0 atom stereocenters. The third-order valence-corrected chi connectivity index (χ3v) is 3.08. The topological polar surface area (TPSA) is 44.8 Å². The maximum Gasteiger partial charge on any atom is 0.225 e. The quantitative estimate of drug-likeness (QED) is 0.776. The van der Waals surface area contributed by atoms with Crippen molar-refractivity contribution >= 4 is 11.6 Å². The Morgan fingerprint density at radius 2 is 1.58 bits per heavy atom. The van der Waals surface area contributed by atoms with Crippen molar-refractivity contribution in [3.63, 3.8) is 0 Å². The zero-order chi connectivity index (χ0) is 13.1. The van der Waals surface area contributed by atoms with Crippen LogP contribution in [0.5, 0.6) is 0 Å². The number of nitrogens with one attached hydrogen (secondary N) is 1. The Labute approximate surface area is 111 Å². The minimum atomic E-state index is 0.729. The van der Waals surface area contributed by atoms with E-state index in [1.807, 2.05) is 30.1 Å². The first-order chi connectivity index (χ1) is 9.34. The van der Waals surface area contributed by atoms with Gasteiger partial charge in [-0.25, -0.2) is 5.10 Å². The minimum Gasteiger partial charge on any atom is -0.314 e. The standard InChI is InChI=1S/C15H14N4/c1-19(15-16-11-17-18-15)14-9-7-13(8-10-14)12-5-3-2-4-6-12/h2-11H,1H3,(H,16,17,18). The van der Waals surface area contributed by atoms with E-state index in [1.54, 1.807) is 0 Å². The highest BCUT2D eigenvalue weighted by Crippen LogP contribution is 2.24. The van der Waals surface area contributed by atoms with Crippen LogP contribution in [-0.4, -0.2) is 22.2 Å². The molecule has 0 fully saturated rings. The number of nitrogens with zero attached hydrogens (tertiary/aromatic N) is 3. The molecule has 0 radical (unpaired) electrons. The van der Waals surface area contributed by atoms with Crippen LogP contribution < -0.4 is 4.90 Å². The van der Waals surface area contributed by atoms with E-state index in [0.29, 0.717) is 0 Å². The summed E-state index contributed by atoms with van der Waals surface area (Å²) in [5.41, 5.74) is 3.49. The Bertz CT molecular complexity index is 630. The van der Waals surface area contributed by atoms with Gasteiger partial charge in [-0.2, -0.15) is 10.1 Å². The average molecular weight is 250 g/mol. The largest absolute Gasteiger partial charge is 0.314 e. The molecule has 94 valence electrons. The lowest BCUT2D eigenvalue weighted by atomic mass is 10.1. The summed E-state index contributed by atoms with van der Waals surface area (Å²) >= 11 is 0. The summed E-state index contributed by atoms with van der Waals surface area (Å²) in [5.74, 6) is 0.729. The van der Waals surface area contributed by atoms with Crippen molar-refractivity contribution < 1.29 is 0 Å². The number of anilines is 2. The lowest BCUT2D eigenvalue weighted by molar-refractivity contribution is 1.03. The molecule has 0 bridgehead atoms. The monoisotopic (exact) mass is 250 g/mol. The molecule has 3 rings (SSSR count). The summed E-state index contributed by atoms with van der Waals surface area (Å²) in [6.45, 7) is 0. The van der Waals surface area contributed by atoms with E-state index in [1.165, 1.54) is 17.5 Å². The molecular formula is C15H14N4. The van der Waals surface area contributed by atoms with Gasteiger partial charge in [0.15, 0.2) is 0 Å². The summed E-state index contributed by atoms with van der Waals surface area (Å²) in [6.07, 6.45) is 1.50. The molecule has 4 nitrogen and oxygen atoms in total. The molecule has 0 aliphatic heterocycles. The lowest BCUT2D eigenvalue weighted by Crippen LogP contribution is -2.10. The van der Waals surface area contributed by atoms with Crippen molar-refractivity contribution in [3.05, 3.63) is 60.9 Å². The molecule has 0 saturated carbocycles. The number of hydrogen-bond acceptors (Lipinski definition) is 3. The molecular weight excluding hydrogens is 236 g/mol. The van der Waals surface area contributed by atoms with Crippen LogP contribution in [0.15, 0.2) is 60.9 Å². The van der Waals surface area contributed by atoms with Crippen LogP contribution >= 0.6 is 0 Å². The van der Waals surface area contributed by atoms with E-state index >= 15 is 0 Å². The van der Waals surface area contributed by atoms with Crippen molar-refractivity contribution in [2.24, 2.45) is 0 Å². The van der Waals surface area contributed by atoms with Gasteiger partial charge < -0.3 is 4.90 Å². The summed E-state index contributed by atoms with van der Waals surface area (Å²) < 4.78 is 0. The molecule has 0 aliphatic carbocycles. The van der Waals surface area contributed by atoms with E-state index < -0.39 is 0 Å². The highest BCUT2D eigenvalue weighted by molar-refractivity contribution is 5.67. The second-order valence-electron chi connectivity index (χ2n) is 4.28. The molecule has 3 aromatic rings. The maximum atomic E-state index is 4.13. The number of rotatable bonds is 3. The van der Waals surface area contributed by atoms with Crippen molar-refractivity contribution in [1.29, 1.82) is 0 Å². The van der Waals surface area contributed by atoms with E-state index in [2.05, 4.69) is 51.6 Å². The first kappa shape index (κ1) is 11.5. The van der Waals surface area contributed by atoms with Gasteiger partial charge in [0.25, 0.3) is 0 Å². The molecule has 0 aliphatic rings. The Morgan fingerprint density at radius 3 is 2.21 bits per heavy atom. The summed E-state index contributed by atoms with van der Waals surface area (Å²) in [5, 5.41) is 6.70. The van der Waals surface area contributed by atoms with Crippen LogP contribution in [0.3, 0.4) is 0 Å². The first-order valence-electron chi connectivity index (χ1n) is 6.09. The molecule has 1 aromatic heterocycles. The predicted molar refractivity (Wildman–Crippen MR) is 76.3 cm³/mol. The zero-order valence-corrected chi connectivity index (χ0v) is 10.6. The SMILES string of the molecule is CN(c1ccc(-c2ccccc2)cc1)c1ncn[nH]1. The van der Waals surface area contributed by atoms with Crippen LogP contribution in [0, 0.1) is 0 Å². The van der Waals surface area contributed by atoms with Gasteiger partial charge in [0.1, 0.15) is 6.33 Å². The number of aromatic nitrogens is 3. The summed E-state index contributed by atoms with van der Waals surface area (Å²) in [7, 11) is 1.96. The predicted octanol–water partition coefficient (Wildman–Crippen LogP) is 3.24. The zero-order valence-electron chi connectivity index (χ0n) is 10.6. The molecule has 0 amide bonds. The van der Waals surface area contributed by atoms with Crippen LogP contribution in [0.25, 0.3) is 11.1 Å². The van der Waals surface area contributed by atoms with E-state index in [-0.39, 0.29) is 0 Å². The molecule has 19 heavy (non-hydrogen) atoms. The number of benzene rings is 2.